The Morgan fingerprint density at radius 1 is 1.19 bits per heavy atom. The van der Waals surface area contributed by atoms with Gasteiger partial charge >= 0.3 is 6.03 Å². The highest BCUT2D eigenvalue weighted by atomic mass is 32.2. The van der Waals surface area contributed by atoms with Gasteiger partial charge in [-0.1, -0.05) is 33.6 Å². The van der Waals surface area contributed by atoms with Gasteiger partial charge in [0.25, 0.3) is 5.91 Å². The molecule has 2 N–H and O–H groups in total. The lowest BCUT2D eigenvalue weighted by Gasteiger charge is -2.36. The number of nitrogens with zero attached hydrogens (tertiary/aromatic N) is 2. The summed E-state index contributed by atoms with van der Waals surface area (Å²) in [5.41, 5.74) is -0.521. The fourth-order valence-electron chi connectivity index (χ4n) is 4.41. The summed E-state index contributed by atoms with van der Waals surface area (Å²) in [7, 11) is -3.59. The van der Waals surface area contributed by atoms with Gasteiger partial charge in [-0.15, -0.1) is 0 Å². The molecule has 0 aromatic heterocycles. The highest BCUT2D eigenvalue weighted by Crippen LogP contribution is 2.38. The molecule has 9 nitrogen and oxygen atoms in total. The third-order valence-electron chi connectivity index (χ3n) is 6.28. The third-order valence-corrected chi connectivity index (χ3v) is 8.35. The number of sulfonamides is 1. The molecule has 1 aliphatic heterocycles. The summed E-state index contributed by atoms with van der Waals surface area (Å²) < 4.78 is 26.5. The minimum atomic E-state index is -3.59. The van der Waals surface area contributed by atoms with Gasteiger partial charge in [0, 0.05) is 18.8 Å². The molecule has 170 valence electrons. The zero-order valence-corrected chi connectivity index (χ0v) is 19.0. The number of imide groups is 1. The average molecular weight is 451 g/mol. The zero-order chi connectivity index (χ0) is 22.8. The predicted molar refractivity (Wildman–Crippen MR) is 116 cm³/mol. The molecule has 0 radical (unpaired) electrons. The Kier molecular flexibility index (Phi) is 6.70. The van der Waals surface area contributed by atoms with Crippen molar-refractivity contribution in [1.82, 2.24) is 14.5 Å². The van der Waals surface area contributed by atoms with Crippen molar-refractivity contribution in [3.8, 4) is 0 Å². The van der Waals surface area contributed by atoms with Crippen LogP contribution in [0.4, 0.5) is 10.5 Å². The van der Waals surface area contributed by atoms with Crippen LogP contribution in [0, 0.1) is 5.92 Å². The molecule has 1 aromatic rings. The lowest BCUT2D eigenvalue weighted by atomic mass is 9.73. The van der Waals surface area contributed by atoms with Crippen molar-refractivity contribution in [2.45, 2.75) is 56.9 Å². The summed E-state index contributed by atoms with van der Waals surface area (Å²) >= 11 is 0. The zero-order valence-electron chi connectivity index (χ0n) is 18.2. The monoisotopic (exact) mass is 450 g/mol. The smallest absolute Gasteiger partial charge is 0.325 e. The first kappa shape index (κ1) is 23.2. The Bertz CT molecular complexity index is 958. The molecule has 2 aliphatic rings. The van der Waals surface area contributed by atoms with E-state index in [4.69, 9.17) is 0 Å². The molecule has 1 saturated heterocycles. The van der Waals surface area contributed by atoms with Gasteiger partial charge < -0.3 is 10.6 Å². The molecule has 2 fully saturated rings. The number of urea groups is 1. The number of anilines is 1. The van der Waals surface area contributed by atoms with E-state index in [1.807, 2.05) is 6.92 Å². The van der Waals surface area contributed by atoms with E-state index in [9.17, 15) is 22.8 Å². The number of amides is 4. The lowest BCUT2D eigenvalue weighted by Crippen LogP contribution is -2.54. The van der Waals surface area contributed by atoms with Crippen LogP contribution in [0.15, 0.2) is 29.2 Å². The summed E-state index contributed by atoms with van der Waals surface area (Å²) in [5, 5.41) is 5.45. The van der Waals surface area contributed by atoms with Gasteiger partial charge in [0.05, 0.1) is 4.90 Å². The normalized spacial score (nSPS) is 24.0. The molecular formula is C21H30N4O5S. The Balaban J connectivity index is 1.66. The number of carbonyl (C=O) groups is 3. The Labute approximate surface area is 183 Å². The van der Waals surface area contributed by atoms with Crippen LogP contribution in [-0.2, 0) is 19.6 Å². The van der Waals surface area contributed by atoms with Crippen molar-refractivity contribution in [1.29, 1.82) is 0 Å². The lowest BCUT2D eigenvalue weighted by molar-refractivity contribution is -0.136. The van der Waals surface area contributed by atoms with E-state index in [1.165, 1.54) is 28.6 Å². The van der Waals surface area contributed by atoms with Crippen molar-refractivity contribution < 1.29 is 22.8 Å². The number of hydrogen-bond donors (Lipinski definition) is 2. The molecule has 4 amide bonds. The molecule has 1 saturated carbocycles. The van der Waals surface area contributed by atoms with Crippen molar-refractivity contribution in [2.24, 2.45) is 5.92 Å². The van der Waals surface area contributed by atoms with Crippen LogP contribution >= 0.6 is 0 Å². The van der Waals surface area contributed by atoms with Crippen LogP contribution in [-0.4, -0.2) is 60.6 Å². The number of rotatable bonds is 7. The molecule has 1 heterocycles. The summed E-state index contributed by atoms with van der Waals surface area (Å²) in [6.45, 7) is 5.83. The summed E-state index contributed by atoms with van der Waals surface area (Å²) in [5.74, 6) is -0.852. The third kappa shape index (κ3) is 4.31. The largest absolute Gasteiger partial charge is 0.325 e. The van der Waals surface area contributed by atoms with E-state index < -0.39 is 34.0 Å². The molecule has 3 rings (SSSR count). The van der Waals surface area contributed by atoms with E-state index in [0.717, 1.165) is 24.2 Å². The first-order chi connectivity index (χ1) is 14.7. The van der Waals surface area contributed by atoms with Gasteiger partial charge in [0.15, 0.2) is 0 Å². The van der Waals surface area contributed by atoms with E-state index in [2.05, 4.69) is 10.6 Å². The van der Waals surface area contributed by atoms with Gasteiger partial charge in [0.1, 0.15) is 12.1 Å². The summed E-state index contributed by atoms with van der Waals surface area (Å²) in [6.07, 6.45) is 3.32. The van der Waals surface area contributed by atoms with Crippen molar-refractivity contribution >= 4 is 33.6 Å². The maximum absolute atomic E-state index is 13.0. The number of nitrogens with one attached hydrogen (secondary N) is 2. The summed E-state index contributed by atoms with van der Waals surface area (Å²) in [6, 6.07) is 5.29. The minimum Gasteiger partial charge on any atom is -0.325 e. The average Bonchev–Trinajstić information content (AvgIpc) is 2.96. The van der Waals surface area contributed by atoms with Gasteiger partial charge in [-0.05, 0) is 43.0 Å². The quantitative estimate of drug-likeness (QED) is 0.618. The van der Waals surface area contributed by atoms with Gasteiger partial charge in [-0.2, -0.15) is 4.31 Å². The minimum absolute atomic E-state index is 0.0195. The molecule has 1 aliphatic carbocycles. The van der Waals surface area contributed by atoms with Crippen LogP contribution in [0.25, 0.3) is 0 Å². The van der Waals surface area contributed by atoms with Gasteiger partial charge in [-0.3, -0.25) is 14.5 Å². The second kappa shape index (κ2) is 8.96. The fourth-order valence-corrected chi connectivity index (χ4v) is 5.86. The Hall–Kier alpha value is -2.46. The molecule has 1 aromatic carbocycles. The molecule has 0 unspecified atom stereocenters. The maximum Gasteiger partial charge on any atom is 0.325 e. The molecular weight excluding hydrogens is 420 g/mol. The molecule has 2 atom stereocenters. The van der Waals surface area contributed by atoms with Crippen molar-refractivity contribution in [3.05, 3.63) is 24.3 Å². The molecule has 10 heteroatoms. The molecule has 0 bridgehead atoms. The number of benzene rings is 1. The van der Waals surface area contributed by atoms with Crippen LogP contribution < -0.4 is 10.6 Å². The summed E-state index contributed by atoms with van der Waals surface area (Å²) in [4.78, 5) is 39.0. The van der Waals surface area contributed by atoms with E-state index in [-0.39, 0.29) is 16.7 Å². The second-order valence-electron chi connectivity index (χ2n) is 8.10. The van der Waals surface area contributed by atoms with Crippen molar-refractivity contribution in [2.75, 3.05) is 25.0 Å². The van der Waals surface area contributed by atoms with Gasteiger partial charge in [-0.25, -0.2) is 13.2 Å². The topological polar surface area (TPSA) is 116 Å². The van der Waals surface area contributed by atoms with Crippen molar-refractivity contribution in [3.63, 3.8) is 0 Å². The highest BCUT2D eigenvalue weighted by molar-refractivity contribution is 7.89. The van der Waals surface area contributed by atoms with Gasteiger partial charge in [0.2, 0.25) is 15.9 Å². The van der Waals surface area contributed by atoms with E-state index >= 15 is 0 Å². The molecule has 1 spiro atoms. The number of hydrogen-bond acceptors (Lipinski definition) is 5. The Morgan fingerprint density at radius 2 is 1.84 bits per heavy atom. The second-order valence-corrected chi connectivity index (χ2v) is 10.0. The predicted octanol–water partition coefficient (Wildman–Crippen LogP) is 2.16. The van der Waals surface area contributed by atoms with Crippen LogP contribution in [0.5, 0.6) is 0 Å². The SMILES string of the molecule is CCN(CC)S(=O)(=O)c1ccc(NC(=O)CN2C(=O)N[C@]3(CCCC[C@@H]3C)C2=O)cc1. The first-order valence-corrected chi connectivity index (χ1v) is 12.1. The first-order valence-electron chi connectivity index (χ1n) is 10.7. The number of carbonyl (C=O) groups excluding carboxylic acids is 3. The Morgan fingerprint density at radius 3 is 2.42 bits per heavy atom. The van der Waals surface area contributed by atoms with E-state index in [1.54, 1.807) is 13.8 Å². The van der Waals surface area contributed by atoms with Crippen LogP contribution in [0.2, 0.25) is 0 Å². The van der Waals surface area contributed by atoms with Crippen LogP contribution in [0.3, 0.4) is 0 Å². The highest BCUT2D eigenvalue weighted by Gasteiger charge is 2.55. The standard InChI is InChI=1S/C21H30N4O5S/c1-4-24(5-2)31(29,30)17-11-9-16(10-12-17)22-18(26)14-25-19(27)21(23-20(25)28)13-7-6-8-15(21)3/h9-12,15H,4-8,13-14H2,1-3H3,(H,22,26)(H,23,28)/t15-,21-/m0/s1. The molecule has 31 heavy (non-hydrogen) atoms. The fraction of sp³-hybridized carbons (Fsp3) is 0.571. The van der Waals surface area contributed by atoms with E-state index in [0.29, 0.717) is 25.2 Å². The van der Waals surface area contributed by atoms with Crippen LogP contribution in [0.1, 0.15) is 46.5 Å². The maximum atomic E-state index is 13.0.